The molecule has 2 rings (SSSR count). The van der Waals surface area contributed by atoms with Gasteiger partial charge in [0.05, 0.1) is 10.3 Å². The van der Waals surface area contributed by atoms with Gasteiger partial charge in [-0.25, -0.2) is 8.42 Å². The maximum absolute atomic E-state index is 12.6. The van der Waals surface area contributed by atoms with Crippen LogP contribution in [0.3, 0.4) is 0 Å². The average Bonchev–Trinajstić information content (AvgIpc) is 2.83. The van der Waals surface area contributed by atoms with Crippen LogP contribution in [0, 0.1) is 11.3 Å². The molecule has 0 aromatic heterocycles. The van der Waals surface area contributed by atoms with E-state index in [9.17, 15) is 18.3 Å². The first-order valence-electron chi connectivity index (χ1n) is 7.48. The SMILES string of the molecule is CC(C)Cc1ccc(S(=O)(=O)N2CCC(C)(C(=O)O)C2)cc1. The van der Waals surface area contributed by atoms with Crippen LogP contribution in [0.5, 0.6) is 0 Å². The van der Waals surface area contributed by atoms with Crippen molar-refractivity contribution in [3.8, 4) is 0 Å². The zero-order valence-electron chi connectivity index (χ0n) is 13.2. The molecule has 5 nitrogen and oxygen atoms in total. The third-order valence-corrected chi connectivity index (χ3v) is 6.02. The van der Waals surface area contributed by atoms with Crippen LogP contribution in [-0.2, 0) is 21.2 Å². The minimum atomic E-state index is -3.62. The summed E-state index contributed by atoms with van der Waals surface area (Å²) in [5.74, 6) is -0.435. The Morgan fingerprint density at radius 3 is 2.36 bits per heavy atom. The molecule has 1 unspecified atom stereocenters. The molecule has 0 aliphatic carbocycles. The van der Waals surface area contributed by atoms with Gasteiger partial charge in [-0.05, 0) is 43.4 Å². The van der Waals surface area contributed by atoms with E-state index in [1.54, 1.807) is 19.1 Å². The van der Waals surface area contributed by atoms with Crippen molar-refractivity contribution in [2.24, 2.45) is 11.3 Å². The molecule has 0 saturated carbocycles. The van der Waals surface area contributed by atoms with Crippen LogP contribution in [0.2, 0.25) is 0 Å². The molecule has 1 atom stereocenters. The number of carboxylic acid groups (broad SMARTS) is 1. The highest BCUT2D eigenvalue weighted by Crippen LogP contribution is 2.33. The van der Waals surface area contributed by atoms with Crippen LogP contribution < -0.4 is 0 Å². The Morgan fingerprint density at radius 1 is 1.32 bits per heavy atom. The molecule has 1 aromatic rings. The first kappa shape index (κ1) is 17.0. The van der Waals surface area contributed by atoms with E-state index in [-0.39, 0.29) is 18.0 Å². The maximum Gasteiger partial charge on any atom is 0.310 e. The molecule has 6 heteroatoms. The van der Waals surface area contributed by atoms with Crippen molar-refractivity contribution in [2.45, 2.75) is 38.5 Å². The van der Waals surface area contributed by atoms with Crippen molar-refractivity contribution in [3.63, 3.8) is 0 Å². The van der Waals surface area contributed by atoms with Gasteiger partial charge in [0.15, 0.2) is 0 Å². The topological polar surface area (TPSA) is 74.7 Å². The summed E-state index contributed by atoms with van der Waals surface area (Å²) in [6.07, 6.45) is 1.24. The van der Waals surface area contributed by atoms with Crippen LogP contribution in [0.25, 0.3) is 0 Å². The van der Waals surface area contributed by atoms with Gasteiger partial charge in [-0.15, -0.1) is 0 Å². The molecule has 1 saturated heterocycles. The fourth-order valence-electron chi connectivity index (χ4n) is 2.72. The van der Waals surface area contributed by atoms with Crippen molar-refractivity contribution in [2.75, 3.05) is 13.1 Å². The smallest absolute Gasteiger partial charge is 0.310 e. The Labute approximate surface area is 132 Å². The summed E-state index contributed by atoms with van der Waals surface area (Å²) in [6, 6.07) is 6.89. The van der Waals surface area contributed by atoms with Gasteiger partial charge in [-0.2, -0.15) is 4.31 Å². The standard InChI is InChI=1S/C16H23NO4S/c1-12(2)10-13-4-6-14(7-5-13)22(20,21)17-9-8-16(3,11-17)15(18)19/h4-7,12H,8-11H2,1-3H3,(H,18,19). The Kier molecular flexibility index (Phi) is 4.63. The van der Waals surface area contributed by atoms with Crippen molar-refractivity contribution >= 4 is 16.0 Å². The third kappa shape index (κ3) is 3.33. The number of hydrogen-bond donors (Lipinski definition) is 1. The Bertz CT molecular complexity index is 651. The molecular formula is C16H23NO4S. The summed E-state index contributed by atoms with van der Waals surface area (Å²) in [4.78, 5) is 11.5. The summed E-state index contributed by atoms with van der Waals surface area (Å²) < 4.78 is 26.5. The molecule has 1 fully saturated rings. The minimum absolute atomic E-state index is 0.0262. The highest BCUT2D eigenvalue weighted by atomic mass is 32.2. The van der Waals surface area contributed by atoms with E-state index in [1.807, 2.05) is 12.1 Å². The van der Waals surface area contributed by atoms with Crippen LogP contribution in [0.4, 0.5) is 0 Å². The Morgan fingerprint density at radius 2 is 1.91 bits per heavy atom. The second-order valence-corrected chi connectivity index (χ2v) is 8.63. The van der Waals surface area contributed by atoms with Gasteiger partial charge in [-0.3, -0.25) is 4.79 Å². The van der Waals surface area contributed by atoms with E-state index in [0.717, 1.165) is 12.0 Å². The molecule has 0 bridgehead atoms. The van der Waals surface area contributed by atoms with Crippen LogP contribution in [-0.4, -0.2) is 36.9 Å². The Hall–Kier alpha value is -1.40. The molecule has 1 aliphatic rings. The zero-order chi connectivity index (χ0) is 16.5. The van der Waals surface area contributed by atoms with E-state index >= 15 is 0 Å². The van der Waals surface area contributed by atoms with Crippen molar-refractivity contribution < 1.29 is 18.3 Å². The van der Waals surface area contributed by atoms with Gasteiger partial charge < -0.3 is 5.11 Å². The summed E-state index contributed by atoms with van der Waals surface area (Å²) >= 11 is 0. The van der Waals surface area contributed by atoms with Crippen LogP contribution in [0.1, 0.15) is 32.8 Å². The zero-order valence-corrected chi connectivity index (χ0v) is 14.1. The summed E-state index contributed by atoms with van der Waals surface area (Å²) in [6.45, 7) is 6.09. The Balaban J connectivity index is 2.19. The average molecular weight is 325 g/mol. The number of carboxylic acids is 1. The molecule has 22 heavy (non-hydrogen) atoms. The van der Waals surface area contributed by atoms with Gasteiger partial charge in [0, 0.05) is 13.1 Å². The lowest BCUT2D eigenvalue weighted by Gasteiger charge is -2.20. The van der Waals surface area contributed by atoms with E-state index in [2.05, 4.69) is 13.8 Å². The molecule has 1 aliphatic heterocycles. The first-order chi connectivity index (χ1) is 10.1. The number of nitrogens with zero attached hydrogens (tertiary/aromatic N) is 1. The molecule has 0 radical (unpaired) electrons. The van der Waals surface area contributed by atoms with E-state index < -0.39 is 21.4 Å². The van der Waals surface area contributed by atoms with Crippen molar-refractivity contribution in [1.82, 2.24) is 4.31 Å². The van der Waals surface area contributed by atoms with Gasteiger partial charge in [0.25, 0.3) is 0 Å². The lowest BCUT2D eigenvalue weighted by molar-refractivity contribution is -0.146. The van der Waals surface area contributed by atoms with Gasteiger partial charge >= 0.3 is 5.97 Å². The molecule has 0 amide bonds. The van der Waals surface area contributed by atoms with Crippen molar-refractivity contribution in [1.29, 1.82) is 0 Å². The molecule has 1 heterocycles. The monoisotopic (exact) mass is 325 g/mol. The summed E-state index contributed by atoms with van der Waals surface area (Å²) in [5.41, 5.74) is 0.107. The second kappa shape index (κ2) is 6.01. The van der Waals surface area contributed by atoms with E-state index in [0.29, 0.717) is 12.3 Å². The largest absolute Gasteiger partial charge is 0.481 e. The first-order valence-corrected chi connectivity index (χ1v) is 8.92. The maximum atomic E-state index is 12.6. The highest BCUT2D eigenvalue weighted by Gasteiger charge is 2.44. The van der Waals surface area contributed by atoms with Crippen molar-refractivity contribution in [3.05, 3.63) is 29.8 Å². The number of aliphatic carboxylic acids is 1. The molecule has 0 spiro atoms. The fourth-order valence-corrected chi connectivity index (χ4v) is 4.28. The van der Waals surface area contributed by atoms with E-state index in [4.69, 9.17) is 0 Å². The summed E-state index contributed by atoms with van der Waals surface area (Å²) in [7, 11) is -3.62. The lowest BCUT2D eigenvalue weighted by Crippen LogP contribution is -2.34. The number of carbonyl (C=O) groups is 1. The quantitative estimate of drug-likeness (QED) is 0.902. The van der Waals surface area contributed by atoms with Gasteiger partial charge in [0.2, 0.25) is 10.0 Å². The number of sulfonamides is 1. The number of hydrogen-bond acceptors (Lipinski definition) is 3. The molecule has 122 valence electrons. The van der Waals surface area contributed by atoms with Crippen LogP contribution in [0.15, 0.2) is 29.2 Å². The molecule has 1 aromatic carbocycles. The predicted molar refractivity (Wildman–Crippen MR) is 84.1 cm³/mol. The molecular weight excluding hydrogens is 302 g/mol. The number of rotatable bonds is 5. The van der Waals surface area contributed by atoms with Gasteiger partial charge in [0.1, 0.15) is 0 Å². The third-order valence-electron chi connectivity index (χ3n) is 4.16. The predicted octanol–water partition coefficient (Wildman–Crippen LogP) is 2.37. The van der Waals surface area contributed by atoms with Crippen LogP contribution >= 0.6 is 0 Å². The second-order valence-electron chi connectivity index (χ2n) is 6.70. The number of benzene rings is 1. The van der Waals surface area contributed by atoms with Gasteiger partial charge in [-0.1, -0.05) is 26.0 Å². The molecule has 1 N–H and O–H groups in total. The summed E-state index contributed by atoms with van der Waals surface area (Å²) in [5, 5.41) is 9.23. The normalized spacial score (nSPS) is 23.1. The van der Waals surface area contributed by atoms with E-state index in [1.165, 1.54) is 4.31 Å². The lowest BCUT2D eigenvalue weighted by atomic mass is 9.90. The fraction of sp³-hybridized carbons (Fsp3) is 0.562. The highest BCUT2D eigenvalue weighted by molar-refractivity contribution is 7.89. The minimum Gasteiger partial charge on any atom is -0.481 e.